The Balaban J connectivity index is 1.47. The van der Waals surface area contributed by atoms with Crippen molar-refractivity contribution in [1.82, 2.24) is 24.7 Å². The van der Waals surface area contributed by atoms with E-state index in [-0.39, 0.29) is 11.6 Å². The molecule has 4 aromatic rings. The van der Waals surface area contributed by atoms with Gasteiger partial charge in [0.05, 0.1) is 16.9 Å². The first-order chi connectivity index (χ1) is 15.6. The summed E-state index contributed by atoms with van der Waals surface area (Å²) in [6.07, 6.45) is 6.74. The Morgan fingerprint density at radius 3 is 2.69 bits per heavy atom. The van der Waals surface area contributed by atoms with E-state index < -0.39 is 0 Å². The van der Waals surface area contributed by atoms with Crippen LogP contribution >= 0.6 is 23.2 Å². The fourth-order valence-electron chi connectivity index (χ4n) is 3.13. The first kappa shape index (κ1) is 20.4. The molecule has 10 heteroatoms. The number of hydrogen-bond donors (Lipinski definition) is 2. The van der Waals surface area contributed by atoms with Gasteiger partial charge in [-0.1, -0.05) is 29.3 Å². The van der Waals surface area contributed by atoms with Gasteiger partial charge in [0.2, 0.25) is 5.95 Å². The average Bonchev–Trinajstić information content (AvgIpc) is 3.61. The summed E-state index contributed by atoms with van der Waals surface area (Å²) >= 11 is 12.2. The van der Waals surface area contributed by atoms with Crippen LogP contribution in [0.25, 0.3) is 17.1 Å². The number of pyridine rings is 1. The van der Waals surface area contributed by atoms with Crippen molar-refractivity contribution >= 4 is 40.5 Å². The summed E-state index contributed by atoms with van der Waals surface area (Å²) in [5.41, 5.74) is 2.18. The smallest absolute Gasteiger partial charge is 0.297 e. The van der Waals surface area contributed by atoms with E-state index in [0.29, 0.717) is 33.2 Å². The Bertz CT molecular complexity index is 1350. The fraction of sp³-hybridized carbons (Fsp3) is 0.136. The van der Waals surface area contributed by atoms with Gasteiger partial charge in [-0.25, -0.2) is 15.0 Å². The second-order valence-electron chi connectivity index (χ2n) is 7.31. The highest BCUT2D eigenvalue weighted by atomic mass is 35.5. The molecular weight excluding hydrogens is 449 g/mol. The molecule has 1 aliphatic rings. The predicted molar refractivity (Wildman–Crippen MR) is 125 cm³/mol. The zero-order chi connectivity index (χ0) is 22.1. The lowest BCUT2D eigenvalue weighted by molar-refractivity contribution is 0.782. The van der Waals surface area contributed by atoms with E-state index in [2.05, 4.69) is 30.7 Å². The Labute approximate surface area is 193 Å². The molecule has 0 bridgehead atoms. The lowest BCUT2D eigenvalue weighted by Crippen LogP contribution is -2.26. The molecule has 32 heavy (non-hydrogen) atoms. The number of aromatic nitrogens is 5. The molecule has 1 aromatic carbocycles. The Morgan fingerprint density at radius 1 is 1.03 bits per heavy atom. The standard InChI is InChI=1S/C22H17Cl2N7O/c23-14-2-1-3-16(11-14)29-22-26-9-7-18(30-22)13-6-8-25-19(10-13)31-21(32)20(17(24)12-27-31)28-15-4-5-15/h1-3,6-12,15,28H,4-5H2,(H,26,29,30). The van der Waals surface area contributed by atoms with E-state index in [0.717, 1.165) is 24.1 Å². The highest BCUT2D eigenvalue weighted by Crippen LogP contribution is 2.27. The molecule has 5 rings (SSSR count). The van der Waals surface area contributed by atoms with Crippen molar-refractivity contribution in [3.8, 4) is 17.1 Å². The number of anilines is 3. The van der Waals surface area contributed by atoms with Crippen molar-refractivity contribution in [2.24, 2.45) is 0 Å². The second-order valence-corrected chi connectivity index (χ2v) is 8.15. The van der Waals surface area contributed by atoms with Crippen molar-refractivity contribution < 1.29 is 0 Å². The van der Waals surface area contributed by atoms with Gasteiger partial charge in [-0.05, 0) is 49.2 Å². The third-order valence-corrected chi connectivity index (χ3v) is 5.37. The molecule has 0 radical (unpaired) electrons. The molecule has 3 aromatic heterocycles. The van der Waals surface area contributed by atoms with Gasteiger partial charge in [0.25, 0.3) is 5.56 Å². The lowest BCUT2D eigenvalue weighted by Gasteiger charge is -2.11. The topological polar surface area (TPSA) is 97.6 Å². The van der Waals surface area contributed by atoms with Crippen LogP contribution < -0.4 is 16.2 Å². The van der Waals surface area contributed by atoms with Crippen LogP contribution in [0.2, 0.25) is 10.0 Å². The van der Waals surface area contributed by atoms with Gasteiger partial charge >= 0.3 is 0 Å². The van der Waals surface area contributed by atoms with Crippen molar-refractivity contribution in [1.29, 1.82) is 0 Å². The van der Waals surface area contributed by atoms with E-state index in [9.17, 15) is 4.79 Å². The van der Waals surface area contributed by atoms with Gasteiger partial charge in [-0.15, -0.1) is 0 Å². The van der Waals surface area contributed by atoms with Crippen molar-refractivity contribution in [3.63, 3.8) is 0 Å². The van der Waals surface area contributed by atoms with E-state index >= 15 is 0 Å². The first-order valence-corrected chi connectivity index (χ1v) is 10.7. The molecule has 0 atom stereocenters. The van der Waals surface area contributed by atoms with Crippen LogP contribution in [0, 0.1) is 0 Å². The minimum atomic E-state index is -0.347. The molecule has 0 aliphatic heterocycles. The van der Waals surface area contributed by atoms with Gasteiger partial charge < -0.3 is 10.6 Å². The predicted octanol–water partition coefficient (Wildman–Crippen LogP) is 4.71. The van der Waals surface area contributed by atoms with Crippen LogP contribution in [0.1, 0.15) is 12.8 Å². The molecule has 1 fully saturated rings. The van der Waals surface area contributed by atoms with Crippen molar-refractivity contribution in [2.75, 3.05) is 10.6 Å². The van der Waals surface area contributed by atoms with Crippen LogP contribution in [-0.2, 0) is 0 Å². The molecule has 1 aliphatic carbocycles. The molecule has 8 nitrogen and oxygen atoms in total. The molecule has 0 spiro atoms. The highest BCUT2D eigenvalue weighted by molar-refractivity contribution is 6.33. The molecule has 2 N–H and O–H groups in total. The van der Waals surface area contributed by atoms with Crippen LogP contribution in [0.3, 0.4) is 0 Å². The number of rotatable bonds is 6. The Morgan fingerprint density at radius 2 is 1.88 bits per heavy atom. The molecular formula is C22H17Cl2N7O. The van der Waals surface area contributed by atoms with Gasteiger partial charge in [-0.2, -0.15) is 9.78 Å². The average molecular weight is 466 g/mol. The monoisotopic (exact) mass is 465 g/mol. The maximum absolute atomic E-state index is 13.0. The van der Waals surface area contributed by atoms with Crippen molar-refractivity contribution in [3.05, 3.63) is 81.5 Å². The number of benzene rings is 1. The van der Waals surface area contributed by atoms with Gasteiger partial charge in [-0.3, -0.25) is 4.79 Å². The van der Waals surface area contributed by atoms with Crippen LogP contribution in [0.15, 0.2) is 65.8 Å². The fourth-order valence-corrected chi connectivity index (χ4v) is 3.50. The minimum Gasteiger partial charge on any atom is -0.377 e. The highest BCUT2D eigenvalue weighted by Gasteiger charge is 2.24. The SMILES string of the molecule is O=c1c(NC2CC2)c(Cl)cnn1-c1cc(-c2ccnc(Nc3cccc(Cl)c3)n2)ccn1. The molecule has 1 saturated carbocycles. The van der Waals surface area contributed by atoms with E-state index in [1.54, 1.807) is 42.7 Å². The Kier molecular flexibility index (Phi) is 5.46. The van der Waals surface area contributed by atoms with Gasteiger partial charge in [0.15, 0.2) is 5.82 Å². The maximum atomic E-state index is 13.0. The largest absolute Gasteiger partial charge is 0.377 e. The number of halogens is 2. The van der Waals surface area contributed by atoms with Crippen molar-refractivity contribution in [2.45, 2.75) is 18.9 Å². The summed E-state index contributed by atoms with van der Waals surface area (Å²) in [7, 11) is 0. The van der Waals surface area contributed by atoms with E-state index in [1.807, 2.05) is 12.1 Å². The molecule has 0 amide bonds. The lowest BCUT2D eigenvalue weighted by atomic mass is 10.2. The first-order valence-electron chi connectivity index (χ1n) is 9.93. The maximum Gasteiger partial charge on any atom is 0.297 e. The molecule has 0 saturated heterocycles. The number of hydrogen-bond acceptors (Lipinski definition) is 7. The Hall–Kier alpha value is -3.49. The third-order valence-electron chi connectivity index (χ3n) is 4.85. The van der Waals surface area contributed by atoms with Crippen LogP contribution in [0.4, 0.5) is 17.3 Å². The normalized spacial score (nSPS) is 13.1. The summed E-state index contributed by atoms with van der Waals surface area (Å²) < 4.78 is 1.23. The molecule has 0 unspecified atom stereocenters. The zero-order valence-corrected chi connectivity index (χ0v) is 18.2. The van der Waals surface area contributed by atoms with Crippen LogP contribution in [-0.4, -0.2) is 30.8 Å². The van der Waals surface area contributed by atoms with E-state index in [4.69, 9.17) is 23.2 Å². The minimum absolute atomic E-state index is 0.279. The third kappa shape index (κ3) is 4.42. The quantitative estimate of drug-likeness (QED) is 0.425. The zero-order valence-electron chi connectivity index (χ0n) is 16.7. The number of nitrogens with one attached hydrogen (secondary N) is 2. The summed E-state index contributed by atoms with van der Waals surface area (Å²) in [6, 6.07) is 12.9. The summed E-state index contributed by atoms with van der Waals surface area (Å²) in [6.45, 7) is 0. The van der Waals surface area contributed by atoms with Crippen LogP contribution in [0.5, 0.6) is 0 Å². The number of nitrogens with zero attached hydrogens (tertiary/aromatic N) is 5. The van der Waals surface area contributed by atoms with Gasteiger partial charge in [0, 0.05) is 34.7 Å². The second kappa shape index (κ2) is 8.57. The molecule has 3 heterocycles. The molecule has 160 valence electrons. The summed E-state index contributed by atoms with van der Waals surface area (Å²) in [5, 5.41) is 11.4. The van der Waals surface area contributed by atoms with Gasteiger partial charge in [0.1, 0.15) is 5.69 Å². The summed E-state index contributed by atoms with van der Waals surface area (Å²) in [5.74, 6) is 0.784. The van der Waals surface area contributed by atoms with E-state index in [1.165, 1.54) is 10.9 Å². The summed E-state index contributed by atoms with van der Waals surface area (Å²) in [4.78, 5) is 26.1.